The van der Waals surface area contributed by atoms with Crippen molar-refractivity contribution < 1.29 is 4.42 Å². The van der Waals surface area contributed by atoms with Gasteiger partial charge in [0, 0.05) is 12.8 Å². The van der Waals surface area contributed by atoms with Gasteiger partial charge >= 0.3 is 0 Å². The minimum Gasteiger partial charge on any atom is -0.466 e. The van der Waals surface area contributed by atoms with Crippen LogP contribution in [0.3, 0.4) is 0 Å². The van der Waals surface area contributed by atoms with Gasteiger partial charge in [-0.15, -0.1) is 0 Å². The fraction of sp³-hybridized carbons (Fsp3) is 0.412. The van der Waals surface area contributed by atoms with Crippen LogP contribution in [-0.2, 0) is 12.8 Å². The second-order valence-electron chi connectivity index (χ2n) is 5.32. The molecular formula is C17H23NO. The van der Waals surface area contributed by atoms with Crippen molar-refractivity contribution >= 4 is 0 Å². The van der Waals surface area contributed by atoms with Crippen LogP contribution in [0.2, 0.25) is 0 Å². The molecule has 2 aromatic rings. The molecule has 2 nitrogen and oxygen atoms in total. The van der Waals surface area contributed by atoms with Crippen LogP contribution >= 0.6 is 0 Å². The van der Waals surface area contributed by atoms with E-state index in [-0.39, 0.29) is 0 Å². The lowest BCUT2D eigenvalue weighted by atomic mass is 9.92. The van der Waals surface area contributed by atoms with Crippen LogP contribution in [0.25, 0.3) is 0 Å². The van der Waals surface area contributed by atoms with Crippen LogP contribution in [0.5, 0.6) is 0 Å². The van der Waals surface area contributed by atoms with Crippen LogP contribution in [0.15, 0.2) is 22.6 Å². The Balaban J connectivity index is 2.32. The summed E-state index contributed by atoms with van der Waals surface area (Å²) >= 11 is 0. The van der Waals surface area contributed by atoms with Crippen molar-refractivity contribution in [2.75, 3.05) is 6.54 Å². The maximum atomic E-state index is 5.84. The standard InChI is InChI=1S/C17H23NO/c1-11-9-12(2)14(4)17(13(11)3)10-16-6-5-15(19-16)7-8-18/h5-6,9H,7-8,10,18H2,1-4H3. The number of nitrogens with two attached hydrogens (primary N) is 1. The molecule has 0 aliphatic carbocycles. The first-order valence-electron chi connectivity index (χ1n) is 6.87. The van der Waals surface area contributed by atoms with Gasteiger partial charge in [-0.2, -0.15) is 0 Å². The molecule has 1 heterocycles. The monoisotopic (exact) mass is 257 g/mol. The third-order valence-electron chi connectivity index (χ3n) is 3.98. The molecule has 1 aromatic heterocycles. The van der Waals surface area contributed by atoms with E-state index in [1.807, 2.05) is 6.07 Å². The fourth-order valence-corrected chi connectivity index (χ4v) is 2.53. The Morgan fingerprint density at radius 1 is 0.947 bits per heavy atom. The second-order valence-corrected chi connectivity index (χ2v) is 5.32. The Bertz CT molecular complexity index is 555. The van der Waals surface area contributed by atoms with E-state index in [1.165, 1.54) is 27.8 Å². The zero-order valence-electron chi connectivity index (χ0n) is 12.3. The molecule has 19 heavy (non-hydrogen) atoms. The third-order valence-corrected chi connectivity index (χ3v) is 3.98. The Hall–Kier alpha value is -1.54. The van der Waals surface area contributed by atoms with Crippen LogP contribution < -0.4 is 5.73 Å². The SMILES string of the molecule is Cc1cc(C)c(C)c(Cc2ccc(CCN)o2)c1C. The number of hydrogen-bond acceptors (Lipinski definition) is 2. The van der Waals surface area contributed by atoms with Gasteiger partial charge in [-0.1, -0.05) is 6.07 Å². The number of aryl methyl sites for hydroxylation is 2. The van der Waals surface area contributed by atoms with Crippen LogP contribution in [0, 0.1) is 27.7 Å². The van der Waals surface area contributed by atoms with E-state index in [0.717, 1.165) is 24.4 Å². The van der Waals surface area contributed by atoms with Crippen LogP contribution in [0.1, 0.15) is 39.3 Å². The van der Waals surface area contributed by atoms with Gasteiger partial charge in [0.25, 0.3) is 0 Å². The summed E-state index contributed by atoms with van der Waals surface area (Å²) in [5.41, 5.74) is 12.4. The van der Waals surface area contributed by atoms with Gasteiger partial charge in [-0.3, -0.25) is 0 Å². The zero-order valence-corrected chi connectivity index (χ0v) is 12.3. The number of furan rings is 1. The van der Waals surface area contributed by atoms with Gasteiger partial charge in [-0.05, 0) is 74.2 Å². The van der Waals surface area contributed by atoms with Gasteiger partial charge in [0.05, 0.1) is 0 Å². The highest BCUT2D eigenvalue weighted by Gasteiger charge is 2.11. The molecule has 0 spiro atoms. The molecule has 0 aliphatic heterocycles. The maximum absolute atomic E-state index is 5.84. The largest absolute Gasteiger partial charge is 0.466 e. The number of hydrogen-bond donors (Lipinski definition) is 1. The van der Waals surface area contributed by atoms with Gasteiger partial charge < -0.3 is 10.2 Å². The molecule has 2 rings (SSSR count). The molecule has 0 fully saturated rings. The Morgan fingerprint density at radius 2 is 1.53 bits per heavy atom. The van der Waals surface area contributed by atoms with Crippen LogP contribution in [-0.4, -0.2) is 6.54 Å². The minimum absolute atomic E-state index is 0.633. The first kappa shape index (κ1) is 13.9. The molecule has 0 bridgehead atoms. The quantitative estimate of drug-likeness (QED) is 0.909. The molecule has 2 N–H and O–H groups in total. The van der Waals surface area contributed by atoms with Crippen molar-refractivity contribution in [3.63, 3.8) is 0 Å². The summed E-state index contributed by atoms with van der Waals surface area (Å²) in [4.78, 5) is 0. The van der Waals surface area contributed by atoms with Crippen molar-refractivity contribution in [1.82, 2.24) is 0 Å². The smallest absolute Gasteiger partial charge is 0.108 e. The van der Waals surface area contributed by atoms with Gasteiger partial charge in [0.1, 0.15) is 11.5 Å². The summed E-state index contributed by atoms with van der Waals surface area (Å²) in [5.74, 6) is 2.01. The first-order valence-corrected chi connectivity index (χ1v) is 6.87. The van der Waals surface area contributed by atoms with E-state index in [1.54, 1.807) is 0 Å². The van der Waals surface area contributed by atoms with E-state index in [4.69, 9.17) is 10.2 Å². The summed E-state index contributed by atoms with van der Waals surface area (Å²) < 4.78 is 5.84. The lowest BCUT2D eigenvalue weighted by molar-refractivity contribution is 0.473. The van der Waals surface area contributed by atoms with Gasteiger partial charge in [0.2, 0.25) is 0 Å². The normalized spacial score (nSPS) is 11.0. The second kappa shape index (κ2) is 5.62. The Morgan fingerprint density at radius 3 is 2.11 bits per heavy atom. The Labute approximate surface area is 115 Å². The van der Waals surface area contributed by atoms with Crippen molar-refractivity contribution in [3.05, 3.63) is 57.5 Å². The highest BCUT2D eigenvalue weighted by atomic mass is 16.3. The summed E-state index contributed by atoms with van der Waals surface area (Å²) in [7, 11) is 0. The lowest BCUT2D eigenvalue weighted by Crippen LogP contribution is -2.01. The number of benzene rings is 1. The summed E-state index contributed by atoms with van der Waals surface area (Å²) in [6.07, 6.45) is 1.68. The van der Waals surface area contributed by atoms with E-state index in [2.05, 4.69) is 39.8 Å². The van der Waals surface area contributed by atoms with E-state index in [0.29, 0.717) is 6.54 Å². The summed E-state index contributed by atoms with van der Waals surface area (Å²) in [6, 6.07) is 6.37. The minimum atomic E-state index is 0.633. The predicted molar refractivity (Wildman–Crippen MR) is 79.7 cm³/mol. The molecule has 2 heteroatoms. The fourth-order valence-electron chi connectivity index (χ4n) is 2.53. The topological polar surface area (TPSA) is 39.2 Å². The van der Waals surface area contributed by atoms with Gasteiger partial charge in [-0.25, -0.2) is 0 Å². The Kier molecular flexibility index (Phi) is 4.11. The molecule has 102 valence electrons. The highest BCUT2D eigenvalue weighted by molar-refractivity contribution is 5.45. The molecule has 1 aromatic carbocycles. The van der Waals surface area contributed by atoms with Crippen molar-refractivity contribution in [2.45, 2.75) is 40.5 Å². The molecule has 0 amide bonds. The van der Waals surface area contributed by atoms with Crippen molar-refractivity contribution in [3.8, 4) is 0 Å². The zero-order chi connectivity index (χ0) is 14.0. The van der Waals surface area contributed by atoms with Crippen LogP contribution in [0.4, 0.5) is 0 Å². The van der Waals surface area contributed by atoms with Crippen molar-refractivity contribution in [2.24, 2.45) is 5.73 Å². The molecule has 0 atom stereocenters. The van der Waals surface area contributed by atoms with E-state index in [9.17, 15) is 0 Å². The highest BCUT2D eigenvalue weighted by Crippen LogP contribution is 2.25. The molecular weight excluding hydrogens is 234 g/mol. The average molecular weight is 257 g/mol. The molecule has 0 saturated heterocycles. The first-order chi connectivity index (χ1) is 9.02. The number of rotatable bonds is 4. The third kappa shape index (κ3) is 2.90. The lowest BCUT2D eigenvalue weighted by Gasteiger charge is -2.14. The van der Waals surface area contributed by atoms with Gasteiger partial charge in [0.15, 0.2) is 0 Å². The van der Waals surface area contributed by atoms with E-state index >= 15 is 0 Å². The summed E-state index contributed by atoms with van der Waals surface area (Å²) in [5, 5.41) is 0. The average Bonchev–Trinajstić information content (AvgIpc) is 2.80. The molecule has 0 aliphatic rings. The maximum Gasteiger partial charge on any atom is 0.108 e. The molecule has 0 unspecified atom stereocenters. The molecule has 0 radical (unpaired) electrons. The van der Waals surface area contributed by atoms with Crippen molar-refractivity contribution in [1.29, 1.82) is 0 Å². The van der Waals surface area contributed by atoms with E-state index < -0.39 is 0 Å². The predicted octanol–water partition coefficient (Wildman–Crippen LogP) is 3.61. The summed E-state index contributed by atoms with van der Waals surface area (Å²) in [6.45, 7) is 9.37. The molecule has 0 saturated carbocycles.